The molecule has 73 heavy (non-hydrogen) atoms. The molecular formula is C45H48ClF10N9O6S2. The number of hydrogen-bond acceptors (Lipinski definition) is 11. The predicted octanol–water partition coefficient (Wildman–Crippen LogP) is 7.62. The van der Waals surface area contributed by atoms with Crippen LogP contribution in [-0.4, -0.2) is 89.2 Å². The molecule has 7 rings (SSSR count). The number of carbonyl (C=O) groups is 2. The Balaban J connectivity index is 1.46. The zero-order valence-electron chi connectivity index (χ0n) is 39.2. The van der Waals surface area contributed by atoms with Gasteiger partial charge in [-0.15, -0.1) is 0 Å². The zero-order chi connectivity index (χ0) is 54.1. The van der Waals surface area contributed by atoms with Crippen LogP contribution >= 0.6 is 11.6 Å². The highest BCUT2D eigenvalue weighted by Gasteiger charge is 2.68. The van der Waals surface area contributed by atoms with Crippen molar-refractivity contribution in [3.05, 3.63) is 93.0 Å². The highest BCUT2D eigenvalue weighted by Crippen LogP contribution is 2.68. The molecule has 2 aliphatic carbocycles. The van der Waals surface area contributed by atoms with Gasteiger partial charge in [-0.2, -0.15) is 49.6 Å². The molecule has 4 atom stereocenters. The summed E-state index contributed by atoms with van der Waals surface area (Å²) in [6, 6.07) is 3.77. The Hall–Kier alpha value is -5.38. The SMILES string of the molecule is CC(C)(CCc1ccc(-c2ccc(Cl)c3c(N(C(=O)[C@@H](N)CCCCN)S(C)(=O)=O)nn(CC(F)(F)F)c23)c([C@H](Cc2cc(F)cc(F)c2)NC(=O)Cn2nc(C(F)(F)F)c3c2C(F)(F)C2C[C@H]32)n1)S(C)(=O)=O. The van der Waals surface area contributed by atoms with Crippen LogP contribution in [0.2, 0.25) is 5.02 Å². The number of fused-ring (bicyclic) bond motifs is 4. The number of unbranched alkanes of at least 4 members (excludes halogenated alkanes) is 1. The average molecular weight is 1100 g/mol. The molecule has 1 unspecified atom stereocenters. The summed E-state index contributed by atoms with van der Waals surface area (Å²) in [4.78, 5) is 32.8. The Morgan fingerprint density at radius 3 is 2.18 bits per heavy atom. The molecule has 1 fully saturated rings. The monoisotopic (exact) mass is 1100 g/mol. The molecule has 2 aromatic carbocycles. The first-order chi connectivity index (χ1) is 33.6. The average Bonchev–Trinajstić information content (AvgIpc) is 3.77. The molecular weight excluding hydrogens is 1050 g/mol. The van der Waals surface area contributed by atoms with Crippen molar-refractivity contribution in [2.45, 2.75) is 113 Å². The number of nitrogens with two attached hydrogens (primary N) is 2. The standard InChI is InChI=1S/C45H48ClF10N9O6S2/c1-42(2,72(3,68)69)13-12-25-8-9-26(27-10-11-30(46)35-37(27)64(21-43(49,50)51)62-40(35)65(73(4,70)71)41(67)31(58)7-5-6-14-57)36(59-25)32(17-22-15-23(47)18-24(48)16-22)60-33(66)20-63-39-34(38(61-63)45(54,55)56)28-19-29(28)44(39,52)53/h8-11,15-16,18,28-29,31-32H,5-7,12-14,17,19-21,57-58H2,1-4H3,(H,60,66)/t28-,29?,31-,32-/m0/s1. The number of sulfonamides is 1. The van der Waals surface area contributed by atoms with Crippen molar-refractivity contribution in [3.63, 3.8) is 0 Å². The molecule has 0 spiro atoms. The van der Waals surface area contributed by atoms with Gasteiger partial charge in [-0.05, 0) is 94.7 Å². The number of halogens is 11. The van der Waals surface area contributed by atoms with Gasteiger partial charge in [0.25, 0.3) is 11.8 Å². The molecule has 2 amide bonds. The maximum absolute atomic E-state index is 15.6. The number of sulfone groups is 1. The number of benzene rings is 2. The van der Waals surface area contributed by atoms with E-state index in [9.17, 15) is 61.5 Å². The van der Waals surface area contributed by atoms with Gasteiger partial charge in [0, 0.05) is 40.6 Å². The molecule has 0 saturated heterocycles. The number of aromatic nitrogens is 5. The van der Waals surface area contributed by atoms with E-state index in [1.165, 1.54) is 26.0 Å². The minimum absolute atomic E-state index is 0.0610. The van der Waals surface area contributed by atoms with Crippen molar-refractivity contribution >= 4 is 60.0 Å². The van der Waals surface area contributed by atoms with Gasteiger partial charge < -0.3 is 16.8 Å². The molecule has 2 aliphatic rings. The number of rotatable bonds is 19. The van der Waals surface area contributed by atoms with Crippen molar-refractivity contribution in [2.24, 2.45) is 17.4 Å². The first kappa shape index (κ1) is 55.4. The summed E-state index contributed by atoms with van der Waals surface area (Å²) in [7, 11) is -8.51. The Bertz CT molecular complexity index is 3200. The number of nitrogens with zero attached hydrogens (tertiary/aromatic N) is 6. The van der Waals surface area contributed by atoms with Crippen LogP contribution in [0.25, 0.3) is 22.0 Å². The third-order valence-corrected chi connectivity index (χ3v) is 16.5. The number of nitrogens with one attached hydrogen (secondary N) is 1. The third kappa shape index (κ3) is 11.5. The van der Waals surface area contributed by atoms with Gasteiger partial charge in [-0.3, -0.25) is 23.9 Å². The summed E-state index contributed by atoms with van der Waals surface area (Å²) in [5.41, 5.74) is 6.54. The lowest BCUT2D eigenvalue weighted by Gasteiger charge is -2.25. The summed E-state index contributed by atoms with van der Waals surface area (Å²) in [5.74, 6) is -12.2. The Kier molecular flexibility index (Phi) is 15.0. The molecule has 398 valence electrons. The van der Waals surface area contributed by atoms with Crippen molar-refractivity contribution in [1.29, 1.82) is 0 Å². The fourth-order valence-electron chi connectivity index (χ4n) is 9.03. The number of pyridine rings is 1. The van der Waals surface area contributed by atoms with E-state index in [0.29, 0.717) is 23.4 Å². The lowest BCUT2D eigenvalue weighted by Crippen LogP contribution is -2.47. The largest absolute Gasteiger partial charge is 0.435 e. The normalized spacial score (nSPS) is 17.6. The second-order valence-corrected chi connectivity index (χ2v) is 23.8. The van der Waals surface area contributed by atoms with Gasteiger partial charge in [0.05, 0.1) is 44.7 Å². The van der Waals surface area contributed by atoms with E-state index >= 15 is 8.78 Å². The number of alkyl halides is 8. The number of aryl methyl sites for hydroxylation is 1. The number of carbonyl (C=O) groups excluding carboxylic acids is 2. The fourth-order valence-corrected chi connectivity index (χ4v) is 10.6. The van der Waals surface area contributed by atoms with E-state index in [4.69, 9.17) is 28.1 Å². The minimum atomic E-state index is -5.21. The maximum atomic E-state index is 15.6. The van der Waals surface area contributed by atoms with E-state index < -0.39 is 148 Å². The zero-order valence-corrected chi connectivity index (χ0v) is 41.6. The Labute approximate surface area is 416 Å². The summed E-state index contributed by atoms with van der Waals surface area (Å²) < 4.78 is 199. The Morgan fingerprint density at radius 1 is 0.945 bits per heavy atom. The van der Waals surface area contributed by atoms with Gasteiger partial charge in [0.15, 0.2) is 21.3 Å². The molecule has 3 heterocycles. The van der Waals surface area contributed by atoms with Crippen molar-refractivity contribution in [3.8, 4) is 11.1 Å². The Morgan fingerprint density at radius 2 is 1.59 bits per heavy atom. The van der Waals surface area contributed by atoms with Crippen molar-refractivity contribution in [2.75, 3.05) is 23.4 Å². The van der Waals surface area contributed by atoms with E-state index in [0.717, 1.165) is 30.5 Å². The first-order valence-corrected chi connectivity index (χ1v) is 26.5. The predicted molar refractivity (Wildman–Crippen MR) is 247 cm³/mol. The number of amides is 2. The maximum Gasteiger partial charge on any atom is 0.435 e. The molecule has 0 bridgehead atoms. The molecule has 28 heteroatoms. The molecule has 1 saturated carbocycles. The van der Waals surface area contributed by atoms with Crippen LogP contribution in [0.4, 0.5) is 49.7 Å². The van der Waals surface area contributed by atoms with Gasteiger partial charge in [-0.25, -0.2) is 25.6 Å². The second-order valence-electron chi connectivity index (χ2n) is 18.9. The highest BCUT2D eigenvalue weighted by molar-refractivity contribution is 7.93. The summed E-state index contributed by atoms with van der Waals surface area (Å²) in [6.07, 6.45) is -9.42. The first-order valence-electron chi connectivity index (χ1n) is 22.4. The van der Waals surface area contributed by atoms with Crippen LogP contribution < -0.4 is 21.1 Å². The molecule has 5 aromatic rings. The quantitative estimate of drug-likeness (QED) is 0.0540. The minimum Gasteiger partial charge on any atom is -0.346 e. The summed E-state index contributed by atoms with van der Waals surface area (Å²) >= 11 is 6.68. The van der Waals surface area contributed by atoms with Crippen LogP contribution in [0.15, 0.2) is 42.5 Å². The van der Waals surface area contributed by atoms with Crippen LogP contribution in [0.1, 0.15) is 91.8 Å². The number of hydrogen-bond donors (Lipinski definition) is 3. The van der Waals surface area contributed by atoms with Crippen molar-refractivity contribution in [1.82, 2.24) is 29.9 Å². The van der Waals surface area contributed by atoms with Crippen LogP contribution in [-0.2, 0) is 67.5 Å². The molecule has 0 radical (unpaired) electrons. The molecule has 0 aliphatic heterocycles. The van der Waals surface area contributed by atoms with E-state index in [-0.39, 0.29) is 75.7 Å². The van der Waals surface area contributed by atoms with E-state index in [1.54, 1.807) is 0 Å². The van der Waals surface area contributed by atoms with Crippen LogP contribution in [0, 0.1) is 17.6 Å². The lowest BCUT2D eigenvalue weighted by molar-refractivity contribution is -0.143. The smallest absolute Gasteiger partial charge is 0.346 e. The summed E-state index contributed by atoms with van der Waals surface area (Å²) in [5, 5.41) is 8.89. The van der Waals surface area contributed by atoms with E-state index in [1.807, 2.05) is 0 Å². The lowest BCUT2D eigenvalue weighted by atomic mass is 9.93. The molecule has 15 nitrogen and oxygen atoms in total. The van der Waals surface area contributed by atoms with Gasteiger partial charge >= 0.3 is 12.4 Å². The van der Waals surface area contributed by atoms with Gasteiger partial charge in [0.2, 0.25) is 15.9 Å². The van der Waals surface area contributed by atoms with Gasteiger partial charge in [-0.1, -0.05) is 30.2 Å². The molecule has 5 N–H and O–H groups in total. The van der Waals surface area contributed by atoms with Gasteiger partial charge in [0.1, 0.15) is 30.4 Å². The molecule has 3 aromatic heterocycles. The van der Waals surface area contributed by atoms with Crippen LogP contribution in [0.5, 0.6) is 0 Å². The second kappa shape index (κ2) is 19.7. The number of anilines is 1. The van der Waals surface area contributed by atoms with Crippen LogP contribution in [0.3, 0.4) is 0 Å². The highest BCUT2D eigenvalue weighted by atomic mass is 35.5. The van der Waals surface area contributed by atoms with Crippen molar-refractivity contribution < 1.29 is 70.3 Å². The summed E-state index contributed by atoms with van der Waals surface area (Å²) in [6.45, 7) is -0.199. The topological polar surface area (TPSA) is 218 Å². The van der Waals surface area contributed by atoms with E-state index in [2.05, 4.69) is 15.5 Å². The third-order valence-electron chi connectivity index (χ3n) is 12.9. The fraction of sp³-hybridized carbons (Fsp3) is 0.489.